The van der Waals surface area contributed by atoms with Gasteiger partial charge >= 0.3 is 0 Å². The Labute approximate surface area is 107 Å². The molecule has 2 aromatic rings. The van der Waals surface area contributed by atoms with E-state index in [2.05, 4.69) is 41.4 Å². The number of nitrogens with one attached hydrogen (secondary N) is 1. The first-order chi connectivity index (χ1) is 8.58. The fourth-order valence-electron chi connectivity index (χ4n) is 1.79. The van der Waals surface area contributed by atoms with Crippen LogP contribution in [-0.4, -0.2) is 24.5 Å². The van der Waals surface area contributed by atoms with Crippen LogP contribution in [0.15, 0.2) is 18.6 Å². The standard InChI is InChI=1S/C12H20N6/c1-9(2)18-6-5-11(16-18)7-13-10(3)12-15-14-8-17(12)4/h5-6,8-10,13H,7H2,1-4H3. The molecule has 1 unspecified atom stereocenters. The van der Waals surface area contributed by atoms with Crippen LogP contribution in [0.25, 0.3) is 0 Å². The fraction of sp³-hybridized carbons (Fsp3) is 0.583. The lowest BCUT2D eigenvalue weighted by atomic mass is 10.3. The summed E-state index contributed by atoms with van der Waals surface area (Å²) in [4.78, 5) is 0. The lowest BCUT2D eigenvalue weighted by molar-refractivity contribution is 0.499. The van der Waals surface area contributed by atoms with Gasteiger partial charge in [-0.2, -0.15) is 5.10 Å². The highest BCUT2D eigenvalue weighted by atomic mass is 15.3. The van der Waals surface area contributed by atoms with Crippen molar-refractivity contribution in [2.75, 3.05) is 0 Å². The molecule has 0 radical (unpaired) electrons. The molecule has 2 rings (SSSR count). The van der Waals surface area contributed by atoms with Crippen molar-refractivity contribution in [1.82, 2.24) is 29.9 Å². The Morgan fingerprint density at radius 3 is 2.67 bits per heavy atom. The summed E-state index contributed by atoms with van der Waals surface area (Å²) >= 11 is 0. The van der Waals surface area contributed by atoms with Crippen molar-refractivity contribution in [2.45, 2.75) is 39.4 Å². The molecule has 0 aliphatic heterocycles. The van der Waals surface area contributed by atoms with Gasteiger partial charge in [-0.1, -0.05) is 0 Å². The summed E-state index contributed by atoms with van der Waals surface area (Å²) in [7, 11) is 1.95. The van der Waals surface area contributed by atoms with E-state index in [1.54, 1.807) is 6.33 Å². The monoisotopic (exact) mass is 248 g/mol. The van der Waals surface area contributed by atoms with Crippen LogP contribution in [0.1, 0.15) is 44.4 Å². The summed E-state index contributed by atoms with van der Waals surface area (Å²) in [6, 6.07) is 2.59. The van der Waals surface area contributed by atoms with E-state index in [4.69, 9.17) is 0 Å². The molecule has 0 amide bonds. The summed E-state index contributed by atoms with van der Waals surface area (Å²) in [5.74, 6) is 0.929. The van der Waals surface area contributed by atoms with Crippen LogP contribution in [0.3, 0.4) is 0 Å². The molecule has 0 aliphatic carbocycles. The molecule has 6 heteroatoms. The Morgan fingerprint density at radius 2 is 2.11 bits per heavy atom. The molecule has 18 heavy (non-hydrogen) atoms. The zero-order valence-electron chi connectivity index (χ0n) is 11.3. The van der Waals surface area contributed by atoms with Crippen LogP contribution in [0.2, 0.25) is 0 Å². The Balaban J connectivity index is 1.93. The number of rotatable bonds is 5. The molecule has 0 aliphatic rings. The van der Waals surface area contributed by atoms with Crippen LogP contribution in [0.4, 0.5) is 0 Å². The highest BCUT2D eigenvalue weighted by Gasteiger charge is 2.11. The quantitative estimate of drug-likeness (QED) is 0.870. The van der Waals surface area contributed by atoms with Gasteiger partial charge in [0.1, 0.15) is 12.2 Å². The highest BCUT2D eigenvalue weighted by Crippen LogP contribution is 2.09. The molecule has 2 aromatic heterocycles. The Kier molecular flexibility index (Phi) is 3.76. The van der Waals surface area contributed by atoms with Crippen LogP contribution in [-0.2, 0) is 13.6 Å². The zero-order valence-corrected chi connectivity index (χ0v) is 11.3. The molecule has 1 N–H and O–H groups in total. The SMILES string of the molecule is CC(NCc1ccn(C(C)C)n1)c1nncn1C. The first-order valence-electron chi connectivity index (χ1n) is 6.19. The highest BCUT2D eigenvalue weighted by molar-refractivity contribution is 5.01. The van der Waals surface area contributed by atoms with Gasteiger partial charge in [0, 0.05) is 25.8 Å². The molecule has 1 atom stereocenters. The number of hydrogen-bond donors (Lipinski definition) is 1. The normalized spacial score (nSPS) is 13.2. The largest absolute Gasteiger partial charge is 0.319 e. The number of aryl methyl sites for hydroxylation is 1. The second-order valence-electron chi connectivity index (χ2n) is 4.78. The lowest BCUT2D eigenvalue weighted by Gasteiger charge is -2.11. The van der Waals surface area contributed by atoms with Gasteiger partial charge in [0.25, 0.3) is 0 Å². The third-order valence-electron chi connectivity index (χ3n) is 2.92. The predicted octanol–water partition coefficient (Wildman–Crippen LogP) is 1.44. The second kappa shape index (κ2) is 5.30. The minimum absolute atomic E-state index is 0.154. The van der Waals surface area contributed by atoms with E-state index >= 15 is 0 Å². The average Bonchev–Trinajstić information content (AvgIpc) is 2.94. The summed E-state index contributed by atoms with van der Waals surface area (Å²) in [5.41, 5.74) is 1.04. The zero-order chi connectivity index (χ0) is 13.1. The van der Waals surface area contributed by atoms with E-state index in [0.29, 0.717) is 6.04 Å². The number of aromatic nitrogens is 5. The molecule has 0 saturated heterocycles. The molecule has 0 aromatic carbocycles. The third kappa shape index (κ3) is 2.76. The van der Waals surface area contributed by atoms with Crippen molar-refractivity contribution >= 4 is 0 Å². The van der Waals surface area contributed by atoms with Gasteiger partial charge < -0.3 is 9.88 Å². The maximum Gasteiger partial charge on any atom is 0.149 e. The summed E-state index contributed by atoms with van der Waals surface area (Å²) in [6.07, 6.45) is 3.72. The first kappa shape index (κ1) is 12.8. The molecule has 6 nitrogen and oxygen atoms in total. The van der Waals surface area contributed by atoms with Gasteiger partial charge in [0.2, 0.25) is 0 Å². The minimum Gasteiger partial charge on any atom is -0.319 e. The van der Waals surface area contributed by atoms with Crippen LogP contribution in [0, 0.1) is 0 Å². The van der Waals surface area contributed by atoms with Gasteiger partial charge in [-0.05, 0) is 26.8 Å². The Morgan fingerprint density at radius 1 is 1.33 bits per heavy atom. The van der Waals surface area contributed by atoms with Gasteiger partial charge in [-0.25, -0.2) is 0 Å². The summed E-state index contributed by atoms with van der Waals surface area (Å²) in [5, 5.41) is 15.9. The molecule has 0 spiro atoms. The molecule has 0 bridgehead atoms. The predicted molar refractivity (Wildman–Crippen MR) is 68.9 cm³/mol. The molecule has 0 saturated carbocycles. The van der Waals surface area contributed by atoms with Crippen LogP contribution >= 0.6 is 0 Å². The maximum absolute atomic E-state index is 4.50. The van der Waals surface area contributed by atoms with E-state index in [1.807, 2.05) is 28.6 Å². The van der Waals surface area contributed by atoms with Crippen LogP contribution in [0.5, 0.6) is 0 Å². The first-order valence-corrected chi connectivity index (χ1v) is 6.19. The van der Waals surface area contributed by atoms with Crippen molar-refractivity contribution in [3.05, 3.63) is 30.1 Å². The molecular weight excluding hydrogens is 228 g/mol. The van der Waals surface area contributed by atoms with Crippen molar-refractivity contribution < 1.29 is 0 Å². The summed E-state index contributed by atoms with van der Waals surface area (Å²) < 4.78 is 3.88. The molecule has 98 valence electrons. The summed E-state index contributed by atoms with van der Waals surface area (Å²) in [6.45, 7) is 7.04. The van der Waals surface area contributed by atoms with E-state index in [-0.39, 0.29) is 6.04 Å². The maximum atomic E-state index is 4.50. The van der Waals surface area contributed by atoms with Crippen molar-refractivity contribution in [1.29, 1.82) is 0 Å². The van der Waals surface area contributed by atoms with E-state index in [0.717, 1.165) is 18.1 Å². The van der Waals surface area contributed by atoms with E-state index in [1.165, 1.54) is 0 Å². The molecule has 0 fully saturated rings. The van der Waals surface area contributed by atoms with Crippen molar-refractivity contribution in [2.24, 2.45) is 7.05 Å². The van der Waals surface area contributed by atoms with Gasteiger partial charge in [0.15, 0.2) is 0 Å². The van der Waals surface area contributed by atoms with Gasteiger partial charge in [-0.15, -0.1) is 10.2 Å². The van der Waals surface area contributed by atoms with Gasteiger partial charge in [-0.3, -0.25) is 4.68 Å². The Hall–Kier alpha value is -1.69. The lowest BCUT2D eigenvalue weighted by Crippen LogP contribution is -2.21. The number of nitrogens with zero attached hydrogens (tertiary/aromatic N) is 5. The molecular formula is C12H20N6. The van der Waals surface area contributed by atoms with E-state index < -0.39 is 0 Å². The van der Waals surface area contributed by atoms with Gasteiger partial charge in [0.05, 0.1) is 11.7 Å². The number of hydrogen-bond acceptors (Lipinski definition) is 4. The average molecular weight is 248 g/mol. The smallest absolute Gasteiger partial charge is 0.149 e. The minimum atomic E-state index is 0.154. The third-order valence-corrected chi connectivity index (χ3v) is 2.92. The second-order valence-corrected chi connectivity index (χ2v) is 4.78. The van der Waals surface area contributed by atoms with Crippen LogP contribution < -0.4 is 5.32 Å². The van der Waals surface area contributed by atoms with Crippen molar-refractivity contribution in [3.63, 3.8) is 0 Å². The molecule has 2 heterocycles. The van der Waals surface area contributed by atoms with Crippen molar-refractivity contribution in [3.8, 4) is 0 Å². The Bertz CT molecular complexity index is 498. The topological polar surface area (TPSA) is 60.6 Å². The van der Waals surface area contributed by atoms with E-state index in [9.17, 15) is 0 Å². The fourth-order valence-corrected chi connectivity index (χ4v) is 1.79.